The average molecular weight is 817 g/mol. The Kier molecular flexibility index (Phi) is 9.32. The molecule has 7 aromatic heterocycles. The maximum atomic E-state index is 5.05. The average Bonchev–Trinajstić information content (AvgIpc) is 4.04. The fourth-order valence-corrected chi connectivity index (χ4v) is 9.11. The van der Waals surface area contributed by atoms with Crippen molar-refractivity contribution in [2.75, 3.05) is 0 Å². The molecule has 3 aliphatic rings. The number of dihydropyridines is 2. The van der Waals surface area contributed by atoms with E-state index in [2.05, 4.69) is 60.7 Å². The first-order valence-corrected chi connectivity index (χ1v) is 21.3. The van der Waals surface area contributed by atoms with Crippen LogP contribution < -0.4 is 0 Å². The van der Waals surface area contributed by atoms with Gasteiger partial charge in [-0.1, -0.05) is 59.1 Å². The van der Waals surface area contributed by atoms with Gasteiger partial charge < -0.3 is 0 Å². The quantitative estimate of drug-likeness (QED) is 0.136. The number of hydrogen-bond donors (Lipinski definition) is 0. The lowest BCUT2D eigenvalue weighted by atomic mass is 10.0. The van der Waals surface area contributed by atoms with Crippen LogP contribution in [-0.4, -0.2) is 62.4 Å². The summed E-state index contributed by atoms with van der Waals surface area (Å²) in [4.78, 5) is 38.9. The lowest BCUT2D eigenvalue weighted by Gasteiger charge is -2.16. The minimum Gasteiger partial charge on any atom is -0.272 e. The molecule has 1 aromatic carbocycles. The van der Waals surface area contributed by atoms with Crippen molar-refractivity contribution in [1.29, 1.82) is 0 Å². The third-order valence-electron chi connectivity index (χ3n) is 10.4. The van der Waals surface area contributed by atoms with Crippen LogP contribution in [0.2, 0.25) is 0 Å². The van der Waals surface area contributed by atoms with Gasteiger partial charge in [0.2, 0.25) is 0 Å². The minimum atomic E-state index is -0.158. The molecule has 0 spiro atoms. The zero-order chi connectivity index (χ0) is 39.8. The minimum absolute atomic E-state index is 0.102. The van der Waals surface area contributed by atoms with E-state index in [9.17, 15) is 0 Å². The van der Waals surface area contributed by atoms with Crippen LogP contribution in [-0.2, 0) is 0 Å². The maximum absolute atomic E-state index is 5.05. The van der Waals surface area contributed by atoms with Gasteiger partial charge in [-0.25, -0.2) is 19.9 Å². The van der Waals surface area contributed by atoms with Crippen molar-refractivity contribution in [3.63, 3.8) is 0 Å². The predicted octanol–water partition coefficient (Wildman–Crippen LogP) is 9.75. The molecule has 0 saturated carbocycles. The highest BCUT2D eigenvalue weighted by Crippen LogP contribution is 2.35. The van der Waals surface area contributed by atoms with Gasteiger partial charge in [-0.2, -0.15) is 0 Å². The number of benzene rings is 1. The topological polar surface area (TPSA) is 153 Å². The third kappa shape index (κ3) is 7.05. The largest absolute Gasteiger partial charge is 0.272 e. The Morgan fingerprint density at radius 1 is 0.500 bits per heavy atom. The van der Waals surface area contributed by atoms with Crippen molar-refractivity contribution in [3.05, 3.63) is 161 Å². The van der Waals surface area contributed by atoms with Crippen LogP contribution >= 0.6 is 22.7 Å². The summed E-state index contributed by atoms with van der Waals surface area (Å²) in [5, 5.41) is 23.2. The summed E-state index contributed by atoms with van der Waals surface area (Å²) < 4.78 is 0. The number of aromatic nitrogens is 9. The van der Waals surface area contributed by atoms with Crippen LogP contribution in [0, 0.1) is 0 Å². The second kappa shape index (κ2) is 15.5. The van der Waals surface area contributed by atoms with Gasteiger partial charge >= 0.3 is 0 Å². The van der Waals surface area contributed by atoms with Gasteiger partial charge in [0.15, 0.2) is 15.0 Å². The number of aliphatic imine (C=N–C) groups is 3. The Hall–Kier alpha value is -7.16. The van der Waals surface area contributed by atoms with Crippen molar-refractivity contribution in [3.8, 4) is 32.8 Å². The molecule has 10 heterocycles. The SMILES string of the molecule is C1=CN=C(c2cccc(C3CC=CC(c4nnc(-c5ccc6c(ccc7nc(-c8nnc(C9CC=CC(c%10cccc(-c%11ccccn%11)n%10)=N9)s8)ccc76)n5)s4)=N3)n2)CC1. The molecule has 0 radical (unpaired) electrons. The molecule has 3 aliphatic heterocycles. The van der Waals surface area contributed by atoms with Crippen molar-refractivity contribution in [2.45, 2.75) is 37.8 Å². The Labute approximate surface area is 351 Å². The molecular formula is C46H32N12S2. The Balaban J connectivity index is 0.813. The summed E-state index contributed by atoms with van der Waals surface area (Å²) in [5.41, 5.74) is 10.1. The highest BCUT2D eigenvalue weighted by Gasteiger charge is 2.22. The molecule has 8 aromatic rings. The first-order chi connectivity index (χ1) is 29.7. The fraction of sp³-hybridized carbons (Fsp3) is 0.130. The van der Waals surface area contributed by atoms with Crippen LogP contribution in [0.15, 0.2) is 149 Å². The van der Waals surface area contributed by atoms with E-state index in [1.54, 1.807) is 6.20 Å². The van der Waals surface area contributed by atoms with E-state index in [1.165, 1.54) is 22.7 Å². The van der Waals surface area contributed by atoms with Gasteiger partial charge in [-0.3, -0.25) is 20.0 Å². The lowest BCUT2D eigenvalue weighted by molar-refractivity contribution is 0.708. The summed E-state index contributed by atoms with van der Waals surface area (Å²) >= 11 is 3.00. The Bertz CT molecular complexity index is 3140. The highest BCUT2D eigenvalue weighted by molar-refractivity contribution is 7.16. The van der Waals surface area contributed by atoms with Gasteiger partial charge in [-0.05, 0) is 111 Å². The van der Waals surface area contributed by atoms with Crippen LogP contribution in [0.3, 0.4) is 0 Å². The molecular weight excluding hydrogens is 785 g/mol. The maximum Gasteiger partial charge on any atom is 0.166 e. The van der Waals surface area contributed by atoms with Gasteiger partial charge in [0.1, 0.15) is 22.4 Å². The van der Waals surface area contributed by atoms with Crippen LogP contribution in [0.25, 0.3) is 54.6 Å². The van der Waals surface area contributed by atoms with E-state index >= 15 is 0 Å². The number of allylic oxidation sites excluding steroid dienone is 3. The molecule has 2 unspecified atom stereocenters. The fourth-order valence-electron chi connectivity index (χ4n) is 7.45. The number of hydrogen-bond acceptors (Lipinski definition) is 14. The van der Waals surface area contributed by atoms with Crippen LogP contribution in [0.1, 0.15) is 64.9 Å². The molecule has 0 bridgehead atoms. The number of rotatable bonds is 8. The van der Waals surface area contributed by atoms with Crippen LogP contribution in [0.5, 0.6) is 0 Å². The van der Waals surface area contributed by atoms with Crippen molar-refractivity contribution in [2.24, 2.45) is 15.0 Å². The van der Waals surface area contributed by atoms with E-state index in [1.807, 2.05) is 97.2 Å². The first-order valence-electron chi connectivity index (χ1n) is 19.6. The second-order valence-electron chi connectivity index (χ2n) is 14.4. The molecule has 0 fully saturated rings. The summed E-state index contributed by atoms with van der Waals surface area (Å²) in [6, 6.07) is 29.7. The smallest absolute Gasteiger partial charge is 0.166 e. The molecule has 11 rings (SSSR count). The zero-order valence-corrected chi connectivity index (χ0v) is 33.5. The number of nitrogens with zero attached hydrogens (tertiary/aromatic N) is 12. The van der Waals surface area contributed by atoms with Gasteiger partial charge in [0.25, 0.3) is 0 Å². The van der Waals surface area contributed by atoms with Gasteiger partial charge in [0.05, 0.1) is 62.7 Å². The molecule has 14 heteroatoms. The summed E-state index contributed by atoms with van der Waals surface area (Å²) in [7, 11) is 0. The Morgan fingerprint density at radius 2 is 1.20 bits per heavy atom. The molecule has 0 saturated heterocycles. The van der Waals surface area contributed by atoms with Crippen molar-refractivity contribution >= 4 is 61.6 Å². The Morgan fingerprint density at radius 3 is 2.00 bits per heavy atom. The molecule has 60 heavy (non-hydrogen) atoms. The summed E-state index contributed by atoms with van der Waals surface area (Å²) in [6.07, 6.45) is 17.4. The normalized spacial score (nSPS) is 17.5. The molecule has 0 N–H and O–H groups in total. The first kappa shape index (κ1) is 36.0. The van der Waals surface area contributed by atoms with E-state index in [0.29, 0.717) is 0 Å². The van der Waals surface area contributed by atoms with Crippen molar-refractivity contribution in [1.82, 2.24) is 45.3 Å². The number of pyridine rings is 5. The van der Waals surface area contributed by atoms with E-state index in [0.717, 1.165) is 125 Å². The van der Waals surface area contributed by atoms with E-state index in [-0.39, 0.29) is 12.1 Å². The monoisotopic (exact) mass is 816 g/mol. The standard InChI is InChI=1S/C46H32N12S2/c1-3-25-47-31(9-1)33-11-5-13-35(51-33)37-15-7-17-39(53-37)43-55-57-45(59-43)41-21-19-27-28-20-22-42(50-30(28)24-23-29(27)49-41)46-58-56-44(60-46)40-18-8-16-38(54-40)36-14-6-12-34(52-36)32-10-2-4-26-48-32/h1,3-9,11-15,18-26,38-39H,2,10,16-17H2. The molecule has 0 aliphatic carbocycles. The second-order valence-corrected chi connectivity index (χ2v) is 16.3. The molecule has 2 atom stereocenters. The lowest BCUT2D eigenvalue weighted by Crippen LogP contribution is -2.11. The van der Waals surface area contributed by atoms with Crippen molar-refractivity contribution < 1.29 is 0 Å². The van der Waals surface area contributed by atoms with Crippen LogP contribution in [0.4, 0.5) is 0 Å². The molecule has 12 nitrogen and oxygen atoms in total. The predicted molar refractivity (Wildman–Crippen MR) is 238 cm³/mol. The summed E-state index contributed by atoms with van der Waals surface area (Å²) in [5.74, 6) is 0. The highest BCUT2D eigenvalue weighted by atomic mass is 32.1. The number of fused-ring (bicyclic) bond motifs is 3. The van der Waals surface area contributed by atoms with Gasteiger partial charge in [-0.15, -0.1) is 20.4 Å². The van der Waals surface area contributed by atoms with E-state index in [4.69, 9.17) is 29.9 Å². The third-order valence-corrected chi connectivity index (χ3v) is 12.5. The zero-order valence-electron chi connectivity index (χ0n) is 31.9. The molecule has 0 amide bonds. The summed E-state index contributed by atoms with van der Waals surface area (Å²) in [6.45, 7) is 0. The van der Waals surface area contributed by atoms with E-state index < -0.39 is 0 Å². The molecule has 288 valence electrons. The van der Waals surface area contributed by atoms with Gasteiger partial charge in [0, 0.05) is 23.2 Å².